The molecule has 0 amide bonds. The number of aliphatic carboxylic acids is 1. The fraction of sp³-hybridized carbons (Fsp3) is 0.500. The van der Waals surface area contributed by atoms with Crippen LogP contribution < -0.4 is 10.4 Å². The van der Waals surface area contributed by atoms with Crippen molar-refractivity contribution in [1.82, 2.24) is 0 Å². The molecule has 0 heterocycles. The largest absolute Gasteiger partial charge is 0.478 e. The second-order valence-corrected chi connectivity index (χ2v) is 18.0. The molecule has 6 heteroatoms. The van der Waals surface area contributed by atoms with Gasteiger partial charge in [-0.15, -0.1) is 0 Å². The molecule has 240 valence electrons. The number of ether oxygens (including phenoxy) is 2. The van der Waals surface area contributed by atoms with E-state index in [0.717, 1.165) is 37.7 Å². The van der Waals surface area contributed by atoms with Crippen LogP contribution in [0.2, 0.25) is 5.04 Å². The first-order chi connectivity index (χ1) is 20.8. The first-order valence-electron chi connectivity index (χ1n) is 16.0. The Hall–Kier alpha value is -2.77. The molecule has 0 radical (unpaired) electrons. The van der Waals surface area contributed by atoms with Crippen LogP contribution in [-0.4, -0.2) is 46.0 Å². The Kier molecular flexibility index (Phi) is 13.0. The smallest absolute Gasteiger partial charge is 0.328 e. The van der Waals surface area contributed by atoms with Crippen LogP contribution in [0.1, 0.15) is 80.6 Å². The number of hydrogen-bond acceptors (Lipinski definition) is 4. The zero-order valence-corrected chi connectivity index (χ0v) is 29.2. The van der Waals surface area contributed by atoms with Gasteiger partial charge in [0.2, 0.25) is 0 Å². The second kappa shape index (κ2) is 16.0. The monoisotopic (exact) mass is 618 g/mol. The van der Waals surface area contributed by atoms with Crippen LogP contribution in [0.5, 0.6) is 0 Å². The Labute approximate surface area is 267 Å². The highest BCUT2D eigenvalue weighted by Gasteiger charge is 2.51. The van der Waals surface area contributed by atoms with Crippen LogP contribution in [-0.2, 0) is 18.7 Å². The van der Waals surface area contributed by atoms with Gasteiger partial charge in [0.15, 0.2) is 0 Å². The lowest BCUT2D eigenvalue weighted by molar-refractivity contribution is -0.131. The Morgan fingerprint density at radius 3 is 2.11 bits per heavy atom. The van der Waals surface area contributed by atoms with E-state index in [1.165, 1.54) is 27.6 Å². The molecular weight excluding hydrogens is 564 g/mol. The Bertz CT molecular complexity index is 1250. The van der Waals surface area contributed by atoms with Crippen LogP contribution in [0.15, 0.2) is 95.6 Å². The van der Waals surface area contributed by atoms with E-state index >= 15 is 0 Å². The van der Waals surface area contributed by atoms with Crippen LogP contribution in [0.4, 0.5) is 0 Å². The highest BCUT2D eigenvalue weighted by Crippen LogP contribution is 2.48. The molecule has 0 fully saturated rings. The topological polar surface area (TPSA) is 65.0 Å². The van der Waals surface area contributed by atoms with E-state index in [1.54, 1.807) is 7.11 Å². The molecule has 1 N–H and O–H groups in total. The lowest BCUT2D eigenvalue weighted by Gasteiger charge is -2.47. The maximum atomic E-state index is 11.0. The minimum Gasteiger partial charge on any atom is -0.478 e. The number of carboxylic acids is 1. The lowest BCUT2D eigenvalue weighted by Crippen LogP contribution is -2.66. The zero-order valence-electron chi connectivity index (χ0n) is 28.2. The standard InChI is InChI=1S/C38H54O5Si/c1-29(16-15-17-30(2)24-36(39)40)22-23-38(7)31(3)25-33(42-28-41-8)26-32(38)27-43-44(37(4,5)6,34-18-11-9-12-19-34)35-20-13-10-14-21-35/h9-14,16,18-21,24,26,31,33H,15,17,22-23,25,27-28H2,1-8H3,(H,39,40)/b29-16+,30-24+/t31-,33+,38-/m1/s1. The van der Waals surface area contributed by atoms with Crippen molar-refractivity contribution in [1.29, 1.82) is 0 Å². The molecule has 0 saturated carbocycles. The molecule has 0 spiro atoms. The number of methoxy groups -OCH3 is 1. The Morgan fingerprint density at radius 2 is 1.59 bits per heavy atom. The molecule has 5 nitrogen and oxygen atoms in total. The molecule has 0 saturated heterocycles. The molecule has 44 heavy (non-hydrogen) atoms. The van der Waals surface area contributed by atoms with Gasteiger partial charge in [-0.2, -0.15) is 0 Å². The van der Waals surface area contributed by atoms with Crippen LogP contribution in [0, 0.1) is 11.3 Å². The fourth-order valence-electron chi connectivity index (χ4n) is 6.64. The van der Waals surface area contributed by atoms with E-state index in [-0.39, 0.29) is 23.4 Å². The van der Waals surface area contributed by atoms with Gasteiger partial charge in [0, 0.05) is 13.2 Å². The number of rotatable bonds is 15. The molecule has 0 bridgehead atoms. The summed E-state index contributed by atoms with van der Waals surface area (Å²) in [5.41, 5.74) is 3.47. The van der Waals surface area contributed by atoms with Gasteiger partial charge in [-0.3, -0.25) is 0 Å². The number of carbonyl (C=O) groups is 1. The highest BCUT2D eigenvalue weighted by atomic mass is 28.4. The van der Waals surface area contributed by atoms with Crippen LogP contribution in [0.3, 0.4) is 0 Å². The molecule has 2 aromatic carbocycles. The van der Waals surface area contributed by atoms with E-state index < -0.39 is 14.3 Å². The molecular formula is C38H54O5Si. The molecule has 2 aromatic rings. The third-order valence-corrected chi connectivity index (χ3v) is 14.5. The van der Waals surface area contributed by atoms with Crippen molar-refractivity contribution < 1.29 is 23.8 Å². The maximum Gasteiger partial charge on any atom is 0.328 e. The van der Waals surface area contributed by atoms with Crippen molar-refractivity contribution in [3.63, 3.8) is 0 Å². The summed E-state index contributed by atoms with van der Waals surface area (Å²) in [5, 5.41) is 11.5. The zero-order chi connectivity index (χ0) is 32.4. The minimum atomic E-state index is -2.72. The van der Waals surface area contributed by atoms with Gasteiger partial charge in [-0.1, -0.05) is 119 Å². The second-order valence-electron chi connectivity index (χ2n) is 13.7. The minimum absolute atomic E-state index is 0.0172. The normalized spacial score (nSPS) is 21.7. The van der Waals surface area contributed by atoms with E-state index in [0.29, 0.717) is 12.5 Å². The van der Waals surface area contributed by atoms with E-state index in [4.69, 9.17) is 19.0 Å². The first-order valence-corrected chi connectivity index (χ1v) is 17.9. The number of carboxylic acid groups (broad SMARTS) is 1. The van der Waals surface area contributed by atoms with Gasteiger partial charge in [-0.25, -0.2) is 4.79 Å². The fourth-order valence-corrected chi connectivity index (χ4v) is 11.2. The van der Waals surface area contributed by atoms with Crippen molar-refractivity contribution >= 4 is 24.7 Å². The quantitative estimate of drug-likeness (QED) is 0.0947. The predicted molar refractivity (Wildman–Crippen MR) is 184 cm³/mol. The van der Waals surface area contributed by atoms with Crippen molar-refractivity contribution in [3.8, 4) is 0 Å². The summed E-state index contributed by atoms with van der Waals surface area (Å²) in [4.78, 5) is 11.0. The highest BCUT2D eigenvalue weighted by molar-refractivity contribution is 6.99. The van der Waals surface area contributed by atoms with Gasteiger partial charge in [0.1, 0.15) is 6.79 Å². The third-order valence-electron chi connectivity index (χ3n) is 9.50. The Morgan fingerprint density at radius 1 is 1.00 bits per heavy atom. The average molecular weight is 619 g/mol. The van der Waals surface area contributed by atoms with Crippen LogP contribution >= 0.6 is 0 Å². The summed E-state index contributed by atoms with van der Waals surface area (Å²) in [7, 11) is -1.05. The molecule has 0 unspecified atom stereocenters. The SMILES string of the molecule is COCO[C@@H]1C=C(CO[Si](c2ccccc2)(c2ccccc2)C(C)(C)C)[C@](C)(CC/C(C)=C/CC/C(C)=C/C(=O)O)[C@H](C)C1. The van der Waals surface area contributed by atoms with Crippen molar-refractivity contribution in [2.24, 2.45) is 11.3 Å². The molecule has 3 rings (SSSR count). The summed E-state index contributed by atoms with van der Waals surface area (Å²) in [6.45, 7) is 16.6. The lowest BCUT2D eigenvalue weighted by atomic mass is 9.64. The van der Waals surface area contributed by atoms with E-state index in [1.807, 2.05) is 6.92 Å². The summed E-state index contributed by atoms with van der Waals surface area (Å²) >= 11 is 0. The molecule has 3 atom stereocenters. The molecule has 0 aromatic heterocycles. The van der Waals surface area contributed by atoms with Crippen molar-refractivity contribution in [3.05, 3.63) is 95.6 Å². The predicted octanol–water partition coefficient (Wildman–Crippen LogP) is 8.06. The summed E-state index contributed by atoms with van der Waals surface area (Å²) in [5.74, 6) is -0.490. The van der Waals surface area contributed by atoms with E-state index in [9.17, 15) is 4.79 Å². The average Bonchev–Trinajstić information content (AvgIpc) is 2.97. The Balaban J connectivity index is 1.95. The first kappa shape index (κ1) is 35.7. The van der Waals surface area contributed by atoms with Crippen molar-refractivity contribution in [2.45, 2.75) is 91.7 Å². The number of hydrogen-bond donors (Lipinski definition) is 1. The number of allylic oxidation sites excluding steroid dienone is 3. The third kappa shape index (κ3) is 8.91. The van der Waals surface area contributed by atoms with Gasteiger partial charge in [-0.05, 0) is 78.3 Å². The van der Waals surface area contributed by atoms with Gasteiger partial charge >= 0.3 is 5.97 Å². The molecule has 0 aliphatic heterocycles. The van der Waals surface area contributed by atoms with Gasteiger partial charge in [0.25, 0.3) is 8.32 Å². The van der Waals surface area contributed by atoms with Gasteiger partial charge in [0.05, 0.1) is 12.7 Å². The molecule has 1 aliphatic carbocycles. The summed E-state index contributed by atoms with van der Waals surface area (Å²) in [6, 6.07) is 21.6. The summed E-state index contributed by atoms with van der Waals surface area (Å²) < 4.78 is 18.8. The van der Waals surface area contributed by atoms with Crippen LogP contribution in [0.25, 0.3) is 0 Å². The maximum absolute atomic E-state index is 11.0. The van der Waals surface area contributed by atoms with Crippen molar-refractivity contribution in [2.75, 3.05) is 20.5 Å². The van der Waals surface area contributed by atoms with E-state index in [2.05, 4.69) is 114 Å². The number of benzene rings is 2. The summed E-state index contributed by atoms with van der Waals surface area (Å²) in [6.07, 6.45) is 10.4. The molecule has 1 aliphatic rings. The van der Waals surface area contributed by atoms with Gasteiger partial charge < -0.3 is 19.0 Å².